The molecule has 0 amide bonds. The highest BCUT2D eigenvalue weighted by molar-refractivity contribution is 9.10. The molecule has 80 valence electrons. The summed E-state index contributed by atoms with van der Waals surface area (Å²) in [6.07, 6.45) is 0. The SMILES string of the molecule is O=C(CBr)c1cc([N+](=O)[O-])cc(Br)c1F. The summed E-state index contributed by atoms with van der Waals surface area (Å²) in [5.41, 5.74) is -0.625. The Morgan fingerprint density at radius 3 is 2.60 bits per heavy atom. The second kappa shape index (κ2) is 4.80. The van der Waals surface area contributed by atoms with E-state index in [0.29, 0.717) is 0 Å². The summed E-state index contributed by atoms with van der Waals surface area (Å²) in [5, 5.41) is 10.4. The van der Waals surface area contributed by atoms with Crippen molar-refractivity contribution in [2.24, 2.45) is 0 Å². The van der Waals surface area contributed by atoms with Crippen LogP contribution in [0, 0.1) is 15.9 Å². The van der Waals surface area contributed by atoms with Gasteiger partial charge >= 0.3 is 0 Å². The maximum absolute atomic E-state index is 13.4. The predicted molar refractivity (Wildman–Crippen MR) is 58.9 cm³/mol. The monoisotopic (exact) mass is 339 g/mol. The van der Waals surface area contributed by atoms with Crippen molar-refractivity contribution in [3.63, 3.8) is 0 Å². The van der Waals surface area contributed by atoms with Crippen LogP contribution in [0.4, 0.5) is 10.1 Å². The molecule has 1 aromatic carbocycles. The van der Waals surface area contributed by atoms with Crippen molar-refractivity contribution in [1.82, 2.24) is 0 Å². The van der Waals surface area contributed by atoms with E-state index in [1.807, 2.05) is 0 Å². The maximum Gasteiger partial charge on any atom is 0.271 e. The zero-order chi connectivity index (χ0) is 11.6. The van der Waals surface area contributed by atoms with Gasteiger partial charge in [0, 0.05) is 12.1 Å². The van der Waals surface area contributed by atoms with Crippen molar-refractivity contribution < 1.29 is 14.1 Å². The second-order valence-corrected chi connectivity index (χ2v) is 4.02. The van der Waals surface area contributed by atoms with E-state index in [1.54, 1.807) is 0 Å². The third-order valence-corrected chi connectivity index (χ3v) is 2.73. The number of nitro groups is 1. The van der Waals surface area contributed by atoms with Gasteiger partial charge in [-0.3, -0.25) is 14.9 Å². The summed E-state index contributed by atoms with van der Waals surface area (Å²) in [4.78, 5) is 21.0. The number of nitrogens with zero attached hydrogens (tertiary/aromatic N) is 1. The fraction of sp³-hybridized carbons (Fsp3) is 0.125. The third-order valence-electron chi connectivity index (χ3n) is 1.65. The first kappa shape index (κ1) is 12.3. The maximum atomic E-state index is 13.4. The minimum Gasteiger partial charge on any atom is -0.293 e. The van der Waals surface area contributed by atoms with Crippen LogP contribution in [-0.4, -0.2) is 16.0 Å². The first-order valence-electron chi connectivity index (χ1n) is 3.70. The molecule has 15 heavy (non-hydrogen) atoms. The van der Waals surface area contributed by atoms with Crippen molar-refractivity contribution >= 4 is 43.3 Å². The first-order chi connectivity index (χ1) is 6.97. The largest absolute Gasteiger partial charge is 0.293 e. The van der Waals surface area contributed by atoms with Gasteiger partial charge < -0.3 is 0 Å². The molecule has 0 aliphatic heterocycles. The van der Waals surface area contributed by atoms with Gasteiger partial charge in [0.15, 0.2) is 5.78 Å². The highest BCUT2D eigenvalue weighted by Gasteiger charge is 2.19. The molecule has 0 atom stereocenters. The van der Waals surface area contributed by atoms with Gasteiger partial charge in [0.05, 0.1) is 20.3 Å². The first-order valence-corrected chi connectivity index (χ1v) is 5.61. The Bertz CT molecular complexity index is 436. The summed E-state index contributed by atoms with van der Waals surface area (Å²) in [7, 11) is 0. The smallest absolute Gasteiger partial charge is 0.271 e. The number of alkyl halides is 1. The molecule has 0 N–H and O–H groups in total. The Morgan fingerprint density at radius 2 is 2.13 bits per heavy atom. The van der Waals surface area contributed by atoms with Crippen LogP contribution in [0.15, 0.2) is 16.6 Å². The van der Waals surface area contributed by atoms with E-state index in [2.05, 4.69) is 31.9 Å². The van der Waals surface area contributed by atoms with E-state index in [0.717, 1.165) is 12.1 Å². The summed E-state index contributed by atoms with van der Waals surface area (Å²) in [5.74, 6) is -1.33. The van der Waals surface area contributed by atoms with Gasteiger partial charge in [-0.25, -0.2) is 4.39 Å². The van der Waals surface area contributed by atoms with E-state index in [9.17, 15) is 19.3 Å². The lowest BCUT2D eigenvalue weighted by Crippen LogP contribution is -2.05. The van der Waals surface area contributed by atoms with Crippen molar-refractivity contribution in [3.05, 3.63) is 38.1 Å². The average Bonchev–Trinajstić information content (AvgIpc) is 2.20. The Hall–Kier alpha value is -0.820. The molecule has 0 radical (unpaired) electrons. The molecule has 0 unspecified atom stereocenters. The Labute approximate surface area is 101 Å². The molecule has 1 aromatic rings. The van der Waals surface area contributed by atoms with Crippen LogP contribution in [0.2, 0.25) is 0 Å². The van der Waals surface area contributed by atoms with E-state index in [-0.39, 0.29) is 21.1 Å². The Balaban J connectivity index is 3.37. The molecule has 0 heterocycles. The molecular formula is C8H4Br2FNO3. The average molecular weight is 341 g/mol. The number of ketones is 1. The van der Waals surface area contributed by atoms with Gasteiger partial charge in [-0.1, -0.05) is 15.9 Å². The molecule has 0 bridgehead atoms. The van der Waals surface area contributed by atoms with Crippen LogP contribution in [-0.2, 0) is 0 Å². The van der Waals surface area contributed by atoms with Gasteiger partial charge in [-0.05, 0) is 15.9 Å². The van der Waals surface area contributed by atoms with Crippen molar-refractivity contribution in [2.45, 2.75) is 0 Å². The number of carbonyl (C=O) groups excluding carboxylic acids is 1. The van der Waals surface area contributed by atoms with Crippen LogP contribution in [0.1, 0.15) is 10.4 Å². The number of nitro benzene ring substituents is 1. The Kier molecular flexibility index (Phi) is 3.92. The van der Waals surface area contributed by atoms with Crippen LogP contribution < -0.4 is 0 Å². The number of Topliss-reactive ketones (excluding diaryl/α,β-unsaturated/α-hetero) is 1. The molecule has 0 aliphatic rings. The van der Waals surface area contributed by atoms with E-state index >= 15 is 0 Å². The minimum absolute atomic E-state index is 0.0858. The molecule has 0 saturated heterocycles. The molecule has 7 heteroatoms. The Morgan fingerprint density at radius 1 is 1.53 bits per heavy atom. The summed E-state index contributed by atoms with van der Waals surface area (Å²) >= 11 is 5.69. The zero-order valence-corrected chi connectivity index (χ0v) is 10.3. The van der Waals surface area contributed by atoms with E-state index < -0.39 is 16.5 Å². The van der Waals surface area contributed by atoms with Gasteiger partial charge in [-0.2, -0.15) is 0 Å². The summed E-state index contributed by atoms with van der Waals surface area (Å²) < 4.78 is 13.3. The molecular weight excluding hydrogens is 337 g/mol. The number of hydrogen-bond donors (Lipinski definition) is 0. The standard InChI is InChI=1S/C8H4Br2FNO3/c9-3-7(13)5-1-4(12(14)15)2-6(10)8(5)11/h1-2H,3H2. The number of halogens is 3. The molecule has 4 nitrogen and oxygen atoms in total. The highest BCUT2D eigenvalue weighted by atomic mass is 79.9. The van der Waals surface area contributed by atoms with Crippen LogP contribution in [0.3, 0.4) is 0 Å². The normalized spacial score (nSPS) is 10.1. The fourth-order valence-corrected chi connectivity index (χ4v) is 1.71. The molecule has 0 spiro atoms. The lowest BCUT2D eigenvalue weighted by Gasteiger charge is -2.02. The van der Waals surface area contributed by atoms with Gasteiger partial charge in [0.25, 0.3) is 5.69 Å². The number of carbonyl (C=O) groups is 1. The quantitative estimate of drug-likeness (QED) is 0.367. The predicted octanol–water partition coefficient (Wildman–Crippen LogP) is 3.07. The van der Waals surface area contributed by atoms with Crippen LogP contribution in [0.5, 0.6) is 0 Å². The number of benzene rings is 1. The van der Waals surface area contributed by atoms with Crippen LogP contribution in [0.25, 0.3) is 0 Å². The van der Waals surface area contributed by atoms with Crippen molar-refractivity contribution in [2.75, 3.05) is 5.33 Å². The molecule has 0 aromatic heterocycles. The fourth-order valence-electron chi connectivity index (χ4n) is 0.955. The number of hydrogen-bond acceptors (Lipinski definition) is 3. The van der Waals surface area contributed by atoms with Crippen molar-refractivity contribution in [1.29, 1.82) is 0 Å². The van der Waals surface area contributed by atoms with Crippen molar-refractivity contribution in [3.8, 4) is 0 Å². The zero-order valence-electron chi connectivity index (χ0n) is 7.17. The lowest BCUT2D eigenvalue weighted by molar-refractivity contribution is -0.385. The van der Waals surface area contributed by atoms with E-state index in [1.165, 1.54) is 0 Å². The number of non-ortho nitro benzene ring substituents is 1. The second-order valence-electron chi connectivity index (χ2n) is 2.60. The third kappa shape index (κ3) is 2.60. The van der Waals surface area contributed by atoms with Crippen LogP contribution >= 0.6 is 31.9 Å². The summed E-state index contributed by atoms with van der Waals surface area (Å²) in [6.45, 7) is 0. The van der Waals surface area contributed by atoms with Gasteiger partial charge in [0.1, 0.15) is 5.82 Å². The molecule has 1 rings (SSSR count). The van der Waals surface area contributed by atoms with Gasteiger partial charge in [-0.15, -0.1) is 0 Å². The molecule has 0 fully saturated rings. The molecule has 0 aliphatic carbocycles. The van der Waals surface area contributed by atoms with E-state index in [4.69, 9.17) is 0 Å². The topological polar surface area (TPSA) is 60.2 Å². The molecule has 0 saturated carbocycles. The van der Waals surface area contributed by atoms with Gasteiger partial charge in [0.2, 0.25) is 0 Å². The highest BCUT2D eigenvalue weighted by Crippen LogP contribution is 2.26. The lowest BCUT2D eigenvalue weighted by atomic mass is 10.1. The number of rotatable bonds is 3. The summed E-state index contributed by atoms with van der Waals surface area (Å²) in [6, 6.07) is 1.93. The minimum atomic E-state index is -0.787.